The third-order valence-electron chi connectivity index (χ3n) is 4.46. The number of hydrogen-bond acceptors (Lipinski definition) is 3. The van der Waals surface area contributed by atoms with Crippen molar-refractivity contribution in [1.82, 2.24) is 10.2 Å². The van der Waals surface area contributed by atoms with Gasteiger partial charge in [0.25, 0.3) is 0 Å². The number of rotatable bonds is 6. The molecule has 3 nitrogen and oxygen atoms in total. The average Bonchev–Trinajstić information content (AvgIpc) is 2.84. The summed E-state index contributed by atoms with van der Waals surface area (Å²) in [6, 6.07) is 3.42. The molecule has 1 aliphatic carbocycles. The molecular formula is C17H30N2O. The SMILES string of the molecule is CC(C)NCc1coc(CN(C)C2CCCCC2C)c1. The van der Waals surface area contributed by atoms with E-state index >= 15 is 0 Å². The monoisotopic (exact) mass is 278 g/mol. The Labute approximate surface area is 123 Å². The molecule has 2 unspecified atom stereocenters. The third kappa shape index (κ3) is 4.35. The second-order valence-electron chi connectivity index (χ2n) is 6.70. The number of nitrogens with zero attached hydrogens (tertiary/aromatic N) is 1. The van der Waals surface area contributed by atoms with Crippen LogP contribution >= 0.6 is 0 Å². The Bertz CT molecular complexity index is 399. The van der Waals surface area contributed by atoms with Gasteiger partial charge in [0.05, 0.1) is 12.8 Å². The minimum absolute atomic E-state index is 0.513. The summed E-state index contributed by atoms with van der Waals surface area (Å²) >= 11 is 0. The minimum Gasteiger partial charge on any atom is -0.468 e. The molecule has 0 aromatic carbocycles. The first kappa shape index (κ1) is 15.6. The van der Waals surface area contributed by atoms with Gasteiger partial charge in [-0.1, -0.05) is 33.6 Å². The van der Waals surface area contributed by atoms with E-state index in [0.717, 1.165) is 24.8 Å². The fourth-order valence-corrected chi connectivity index (χ4v) is 3.24. The van der Waals surface area contributed by atoms with Crippen LogP contribution < -0.4 is 5.32 Å². The Morgan fingerprint density at radius 2 is 2.10 bits per heavy atom. The van der Waals surface area contributed by atoms with Gasteiger partial charge in [-0.15, -0.1) is 0 Å². The molecule has 20 heavy (non-hydrogen) atoms. The standard InChI is InChI=1S/C17H30N2O/c1-13(2)18-10-15-9-16(20-12-15)11-19(4)17-8-6-5-7-14(17)3/h9,12-14,17-18H,5-8,10-11H2,1-4H3. The second-order valence-corrected chi connectivity index (χ2v) is 6.70. The lowest BCUT2D eigenvalue weighted by atomic mass is 9.85. The largest absolute Gasteiger partial charge is 0.468 e. The van der Waals surface area contributed by atoms with Crippen LogP contribution in [0.3, 0.4) is 0 Å². The normalized spacial score (nSPS) is 23.7. The molecule has 0 saturated heterocycles. The van der Waals surface area contributed by atoms with Gasteiger partial charge in [-0.2, -0.15) is 0 Å². The maximum absolute atomic E-state index is 5.71. The topological polar surface area (TPSA) is 28.4 Å². The molecule has 1 aromatic rings. The van der Waals surface area contributed by atoms with Crippen molar-refractivity contribution in [3.05, 3.63) is 23.7 Å². The molecule has 0 bridgehead atoms. The summed E-state index contributed by atoms with van der Waals surface area (Å²) in [7, 11) is 2.24. The maximum Gasteiger partial charge on any atom is 0.118 e. The van der Waals surface area contributed by atoms with Crippen LogP contribution in [0.4, 0.5) is 0 Å². The second kappa shape index (κ2) is 7.28. The lowest BCUT2D eigenvalue weighted by molar-refractivity contribution is 0.125. The van der Waals surface area contributed by atoms with Crippen molar-refractivity contribution < 1.29 is 4.42 Å². The van der Waals surface area contributed by atoms with Crippen molar-refractivity contribution in [3.8, 4) is 0 Å². The molecule has 0 aliphatic heterocycles. The summed E-state index contributed by atoms with van der Waals surface area (Å²) in [5.41, 5.74) is 1.25. The highest BCUT2D eigenvalue weighted by Gasteiger charge is 2.25. The summed E-state index contributed by atoms with van der Waals surface area (Å²) in [6.45, 7) is 8.54. The zero-order chi connectivity index (χ0) is 14.5. The zero-order valence-corrected chi connectivity index (χ0v) is 13.5. The Kier molecular flexibility index (Phi) is 5.67. The first-order valence-electron chi connectivity index (χ1n) is 8.06. The third-order valence-corrected chi connectivity index (χ3v) is 4.46. The molecule has 1 fully saturated rings. The van der Waals surface area contributed by atoms with Crippen LogP contribution in [0, 0.1) is 5.92 Å². The molecule has 1 aliphatic rings. The van der Waals surface area contributed by atoms with Crippen LogP contribution in [0.1, 0.15) is 57.8 Å². The van der Waals surface area contributed by atoms with E-state index < -0.39 is 0 Å². The molecular weight excluding hydrogens is 248 g/mol. The van der Waals surface area contributed by atoms with Gasteiger partial charge in [0.2, 0.25) is 0 Å². The summed E-state index contributed by atoms with van der Waals surface area (Å²) < 4.78 is 5.71. The average molecular weight is 278 g/mol. The molecule has 2 atom stereocenters. The van der Waals surface area contributed by atoms with Gasteiger partial charge >= 0.3 is 0 Å². The predicted octanol–water partition coefficient (Wildman–Crippen LogP) is 3.79. The van der Waals surface area contributed by atoms with E-state index in [4.69, 9.17) is 4.42 Å². The van der Waals surface area contributed by atoms with Crippen molar-refractivity contribution in [1.29, 1.82) is 0 Å². The van der Waals surface area contributed by atoms with Gasteiger partial charge < -0.3 is 9.73 Å². The Balaban J connectivity index is 1.86. The summed E-state index contributed by atoms with van der Waals surface area (Å²) in [4.78, 5) is 2.47. The Hall–Kier alpha value is -0.800. The summed E-state index contributed by atoms with van der Waals surface area (Å²) in [5, 5.41) is 3.43. The molecule has 1 heterocycles. The van der Waals surface area contributed by atoms with Crippen LogP contribution in [0.15, 0.2) is 16.7 Å². The van der Waals surface area contributed by atoms with Gasteiger partial charge in [-0.25, -0.2) is 0 Å². The van der Waals surface area contributed by atoms with Crippen LogP contribution in [0.2, 0.25) is 0 Å². The van der Waals surface area contributed by atoms with E-state index in [2.05, 4.69) is 44.1 Å². The molecule has 0 amide bonds. The lowest BCUT2D eigenvalue weighted by Gasteiger charge is -2.35. The van der Waals surface area contributed by atoms with E-state index in [9.17, 15) is 0 Å². The van der Waals surface area contributed by atoms with E-state index in [-0.39, 0.29) is 0 Å². The lowest BCUT2D eigenvalue weighted by Crippen LogP contribution is -2.38. The predicted molar refractivity (Wildman–Crippen MR) is 83.6 cm³/mol. The molecule has 1 aromatic heterocycles. The van der Waals surface area contributed by atoms with Crippen LogP contribution in [-0.4, -0.2) is 24.0 Å². The van der Waals surface area contributed by atoms with Crippen molar-refractivity contribution in [2.24, 2.45) is 5.92 Å². The first-order valence-corrected chi connectivity index (χ1v) is 8.06. The van der Waals surface area contributed by atoms with Crippen LogP contribution in [0.5, 0.6) is 0 Å². The van der Waals surface area contributed by atoms with Crippen molar-refractivity contribution in [3.63, 3.8) is 0 Å². The highest BCUT2D eigenvalue weighted by Crippen LogP contribution is 2.28. The van der Waals surface area contributed by atoms with Crippen molar-refractivity contribution in [2.45, 2.75) is 71.6 Å². The molecule has 114 valence electrons. The van der Waals surface area contributed by atoms with Gasteiger partial charge in [-0.05, 0) is 31.9 Å². The maximum atomic E-state index is 5.71. The minimum atomic E-state index is 0.513. The van der Waals surface area contributed by atoms with Gasteiger partial charge in [0, 0.05) is 24.2 Å². The molecule has 2 rings (SSSR count). The molecule has 1 N–H and O–H groups in total. The summed E-state index contributed by atoms with van der Waals surface area (Å²) in [6.07, 6.45) is 7.37. The van der Waals surface area contributed by atoms with E-state index in [1.54, 1.807) is 0 Å². The smallest absolute Gasteiger partial charge is 0.118 e. The van der Waals surface area contributed by atoms with E-state index in [0.29, 0.717) is 12.1 Å². The molecule has 3 heteroatoms. The van der Waals surface area contributed by atoms with Gasteiger partial charge in [-0.3, -0.25) is 4.90 Å². The van der Waals surface area contributed by atoms with E-state index in [1.807, 2.05) is 6.26 Å². The number of furan rings is 1. The van der Waals surface area contributed by atoms with Gasteiger partial charge in [0.1, 0.15) is 5.76 Å². The quantitative estimate of drug-likeness (QED) is 0.858. The molecule has 0 radical (unpaired) electrons. The van der Waals surface area contributed by atoms with E-state index in [1.165, 1.54) is 31.2 Å². The Morgan fingerprint density at radius 3 is 2.80 bits per heavy atom. The highest BCUT2D eigenvalue weighted by atomic mass is 16.3. The molecule has 1 saturated carbocycles. The Morgan fingerprint density at radius 1 is 1.35 bits per heavy atom. The fraction of sp³-hybridized carbons (Fsp3) is 0.765. The molecule has 0 spiro atoms. The van der Waals surface area contributed by atoms with Crippen molar-refractivity contribution in [2.75, 3.05) is 7.05 Å². The van der Waals surface area contributed by atoms with Gasteiger partial charge in [0.15, 0.2) is 0 Å². The van der Waals surface area contributed by atoms with Crippen LogP contribution in [-0.2, 0) is 13.1 Å². The first-order chi connectivity index (χ1) is 9.56. The number of nitrogens with one attached hydrogen (secondary N) is 1. The zero-order valence-electron chi connectivity index (χ0n) is 13.5. The highest BCUT2D eigenvalue weighted by molar-refractivity contribution is 5.12. The summed E-state index contributed by atoms with van der Waals surface area (Å²) in [5.74, 6) is 1.90. The van der Waals surface area contributed by atoms with Crippen LogP contribution in [0.25, 0.3) is 0 Å². The van der Waals surface area contributed by atoms with Crippen molar-refractivity contribution >= 4 is 0 Å². The fourth-order valence-electron chi connectivity index (χ4n) is 3.24. The number of hydrogen-bond donors (Lipinski definition) is 1.